The molecule has 7 unspecified atom stereocenters. The first kappa shape index (κ1) is 46.6. The van der Waals surface area contributed by atoms with Crippen LogP contribution in [-0.2, 0) is 42.3 Å². The summed E-state index contributed by atoms with van der Waals surface area (Å²) >= 11 is 0. The molecule has 20 heteroatoms. The molecular formula is C44H55N9O11. The van der Waals surface area contributed by atoms with Gasteiger partial charge in [-0.2, -0.15) is 0 Å². The van der Waals surface area contributed by atoms with E-state index in [9.17, 15) is 48.9 Å². The number of ether oxygens (including phenoxy) is 1. The van der Waals surface area contributed by atoms with Gasteiger partial charge in [-0.3, -0.25) is 34.0 Å². The minimum absolute atomic E-state index is 0.0415. The molecule has 0 saturated carbocycles. The van der Waals surface area contributed by atoms with E-state index in [4.69, 9.17) is 4.74 Å². The molecule has 64 heavy (non-hydrogen) atoms. The van der Waals surface area contributed by atoms with E-state index in [0.717, 1.165) is 45.1 Å². The lowest BCUT2D eigenvalue weighted by atomic mass is 9.82. The van der Waals surface area contributed by atoms with Gasteiger partial charge in [-0.25, -0.2) is 14.4 Å². The summed E-state index contributed by atoms with van der Waals surface area (Å²) in [6.45, 7) is 8.97. The number of aliphatic hydroxyl groups excluding tert-OH is 1. The fraction of sp³-hybridized carbons (Fsp3) is 0.432. The Balaban J connectivity index is 1.22. The second-order valence-corrected chi connectivity index (χ2v) is 17.2. The van der Waals surface area contributed by atoms with Crippen molar-refractivity contribution in [1.29, 1.82) is 0 Å². The lowest BCUT2D eigenvalue weighted by molar-refractivity contribution is -0.139. The summed E-state index contributed by atoms with van der Waals surface area (Å²) in [4.78, 5) is 99.0. The smallest absolute Gasteiger partial charge is 0.331 e. The highest BCUT2D eigenvalue weighted by Crippen LogP contribution is 2.33. The summed E-state index contributed by atoms with van der Waals surface area (Å²) in [5.74, 6) is -3.43. The standard InChI is InChI=1S/C44H55N9O11/c1-22(2)15-31(47-42(62)48-33(41(60)61)18-25-20-45-30-10-8-7-9-28(25)30)37(57)50-36(38(58)46-21-27-19-34(55)40(64-27)53-14-13-35(56)49-43(53)63)23(3)52(6)39(59)32-17-24-16-26(54)11-12-29(24)44(4,5)51-32/h7-14,16,20-23,31-34,36,40,45,51,54-55H,15,17-19H2,1-6H3,(H,46,58)(H,50,57)(H,60,61)(H2,47,48,62)(H,49,56,63). The number of urea groups is 1. The second kappa shape index (κ2) is 19.2. The zero-order chi connectivity index (χ0) is 46.6. The highest BCUT2D eigenvalue weighted by Gasteiger charge is 2.41. The summed E-state index contributed by atoms with van der Waals surface area (Å²) < 4.78 is 6.75. The van der Waals surface area contributed by atoms with Gasteiger partial charge in [0, 0.05) is 61.0 Å². The molecule has 20 nitrogen and oxygen atoms in total. The van der Waals surface area contributed by atoms with Crippen LogP contribution < -0.4 is 37.8 Å². The number of hydrogen-bond donors (Lipinski definition) is 10. The molecule has 2 aromatic carbocycles. The van der Waals surface area contributed by atoms with Gasteiger partial charge in [0.1, 0.15) is 35.7 Å². The van der Waals surface area contributed by atoms with E-state index in [1.807, 2.05) is 52.0 Å². The molecule has 4 heterocycles. The maximum atomic E-state index is 14.3. The number of rotatable bonds is 15. The third kappa shape index (κ3) is 10.6. The summed E-state index contributed by atoms with van der Waals surface area (Å²) in [5, 5.41) is 45.5. The molecule has 342 valence electrons. The summed E-state index contributed by atoms with van der Waals surface area (Å²) in [6.07, 6.45) is 1.58. The van der Waals surface area contributed by atoms with Gasteiger partial charge >= 0.3 is 17.7 Å². The molecule has 10 N–H and O–H groups in total. The molecule has 1 saturated heterocycles. The average Bonchev–Trinajstić information content (AvgIpc) is 3.81. The van der Waals surface area contributed by atoms with Crippen LogP contribution in [0.2, 0.25) is 0 Å². The highest BCUT2D eigenvalue weighted by molar-refractivity contribution is 5.94. The van der Waals surface area contributed by atoms with Gasteiger partial charge in [0.15, 0.2) is 0 Å². The Morgan fingerprint density at radius 3 is 2.41 bits per heavy atom. The predicted molar refractivity (Wildman–Crippen MR) is 233 cm³/mol. The minimum Gasteiger partial charge on any atom is -0.508 e. The van der Waals surface area contributed by atoms with Crippen LogP contribution in [0.15, 0.2) is 82.5 Å². The summed E-state index contributed by atoms with van der Waals surface area (Å²) in [7, 11) is 1.48. The fourth-order valence-electron chi connectivity index (χ4n) is 8.20. The number of aliphatic carboxylic acids is 1. The van der Waals surface area contributed by atoms with E-state index in [2.05, 4.69) is 36.6 Å². The predicted octanol–water partition coefficient (Wildman–Crippen LogP) is 1.15. The number of carboxylic acid groups (broad SMARTS) is 1. The van der Waals surface area contributed by atoms with Crippen molar-refractivity contribution >= 4 is 40.6 Å². The molecule has 0 aliphatic carbocycles. The number of aromatic nitrogens is 3. The molecule has 0 radical (unpaired) electrons. The third-order valence-electron chi connectivity index (χ3n) is 11.6. The first-order valence-electron chi connectivity index (χ1n) is 20.9. The van der Waals surface area contributed by atoms with Gasteiger partial charge < -0.3 is 51.2 Å². The van der Waals surface area contributed by atoms with E-state index >= 15 is 0 Å². The van der Waals surface area contributed by atoms with Crippen LogP contribution in [0.1, 0.15) is 70.4 Å². The van der Waals surface area contributed by atoms with Crippen LogP contribution in [0.25, 0.3) is 10.9 Å². The Morgan fingerprint density at radius 2 is 1.70 bits per heavy atom. The average molecular weight is 886 g/mol. The number of likely N-dealkylation sites (N-methyl/N-ethyl adjacent to an activating group) is 1. The number of nitrogens with one attached hydrogen (secondary N) is 7. The Labute approximate surface area is 367 Å². The molecule has 5 amide bonds. The Bertz CT molecular complexity index is 2560. The largest absolute Gasteiger partial charge is 0.508 e. The van der Waals surface area contributed by atoms with Crippen molar-refractivity contribution in [1.82, 2.24) is 46.0 Å². The topological polar surface area (TPSA) is 289 Å². The van der Waals surface area contributed by atoms with E-state index in [1.165, 1.54) is 11.9 Å². The number of aromatic hydroxyl groups is 1. The number of hydrogen-bond acceptors (Lipinski definition) is 11. The number of phenolic OH excluding ortho intramolecular Hbond substituents is 1. The molecule has 1 fully saturated rings. The zero-order valence-corrected chi connectivity index (χ0v) is 36.3. The number of carbonyl (C=O) groups excluding carboxylic acids is 4. The molecule has 6 rings (SSSR count). The van der Waals surface area contributed by atoms with Crippen molar-refractivity contribution in [2.24, 2.45) is 5.92 Å². The zero-order valence-electron chi connectivity index (χ0n) is 36.3. The third-order valence-corrected chi connectivity index (χ3v) is 11.6. The van der Waals surface area contributed by atoms with Crippen molar-refractivity contribution in [3.63, 3.8) is 0 Å². The molecule has 2 aliphatic rings. The van der Waals surface area contributed by atoms with Crippen LogP contribution in [0.3, 0.4) is 0 Å². The van der Waals surface area contributed by atoms with Crippen LogP contribution in [0.5, 0.6) is 5.75 Å². The molecule has 4 aromatic rings. The van der Waals surface area contributed by atoms with E-state index in [-0.39, 0.29) is 43.1 Å². The molecular weight excluding hydrogens is 831 g/mol. The summed E-state index contributed by atoms with van der Waals surface area (Å²) in [6, 6.07) is 6.43. The number of nitrogens with zero attached hydrogens (tertiary/aromatic N) is 2. The van der Waals surface area contributed by atoms with Crippen LogP contribution >= 0.6 is 0 Å². The maximum Gasteiger partial charge on any atom is 0.331 e. The lowest BCUT2D eigenvalue weighted by Crippen LogP contribution is -2.63. The Kier molecular flexibility index (Phi) is 14.0. The van der Waals surface area contributed by atoms with Crippen molar-refractivity contribution in [2.75, 3.05) is 7.05 Å². The number of aromatic amines is 2. The van der Waals surface area contributed by atoms with Crippen molar-refractivity contribution in [2.45, 2.75) is 108 Å². The van der Waals surface area contributed by atoms with Gasteiger partial charge in [0.25, 0.3) is 5.56 Å². The number of fused-ring (bicyclic) bond motifs is 2. The molecule has 2 aliphatic heterocycles. The molecule has 2 aromatic heterocycles. The van der Waals surface area contributed by atoms with Gasteiger partial charge in [-0.1, -0.05) is 38.1 Å². The van der Waals surface area contributed by atoms with Gasteiger partial charge in [-0.05, 0) is 74.4 Å². The number of amides is 5. The molecule has 7 atom stereocenters. The van der Waals surface area contributed by atoms with Crippen molar-refractivity contribution < 1.29 is 44.0 Å². The number of aliphatic hydroxyl groups is 1. The maximum absolute atomic E-state index is 14.3. The van der Waals surface area contributed by atoms with E-state index in [1.54, 1.807) is 31.3 Å². The van der Waals surface area contributed by atoms with Crippen molar-refractivity contribution in [3.8, 4) is 5.75 Å². The fourth-order valence-corrected chi connectivity index (χ4v) is 8.20. The van der Waals surface area contributed by atoms with Gasteiger partial charge in [-0.15, -0.1) is 0 Å². The van der Waals surface area contributed by atoms with E-state index in [0.29, 0.717) is 5.56 Å². The monoisotopic (exact) mass is 885 g/mol. The normalized spacial score (nSPS) is 20.3. The van der Waals surface area contributed by atoms with Crippen molar-refractivity contribution in [3.05, 3.63) is 110 Å². The minimum atomic E-state index is -1.48. The van der Waals surface area contributed by atoms with Crippen LogP contribution in [0.4, 0.5) is 4.79 Å². The first-order chi connectivity index (χ1) is 30.2. The molecule has 0 bridgehead atoms. The quantitative estimate of drug-likeness (QED) is 0.0805. The Morgan fingerprint density at radius 1 is 0.984 bits per heavy atom. The van der Waals surface area contributed by atoms with Crippen LogP contribution in [0, 0.1) is 5.92 Å². The van der Waals surface area contributed by atoms with E-state index < -0.39 is 89.1 Å². The number of carbonyl (C=O) groups is 5. The summed E-state index contributed by atoms with van der Waals surface area (Å²) in [5.41, 5.74) is 0.948. The number of benzene rings is 2. The van der Waals surface area contributed by atoms with Crippen LogP contribution in [-0.4, -0.2) is 108 Å². The number of carboxylic acids is 1. The van der Waals surface area contributed by atoms with Gasteiger partial charge in [0.05, 0.1) is 12.1 Å². The second-order valence-electron chi connectivity index (χ2n) is 17.2. The number of phenols is 1. The Hall–Kier alpha value is -6.93. The number of H-pyrrole nitrogens is 2. The SMILES string of the molecule is CC(C)CC(NC(=O)NC(Cc1c[nH]c2ccccc12)C(=O)O)C(=O)NC(C(=O)NC=C1CC(O)C(n2ccc(=O)[nH]c2=O)O1)C(C)N(C)C(=O)C1Cc2cc(O)ccc2C(C)(C)N1. The first-order valence-corrected chi connectivity index (χ1v) is 20.9. The lowest BCUT2D eigenvalue weighted by Gasteiger charge is -2.41. The molecule has 0 spiro atoms. The van der Waals surface area contributed by atoms with Gasteiger partial charge in [0.2, 0.25) is 23.9 Å². The number of para-hydroxylation sites is 1. The highest BCUT2D eigenvalue weighted by atomic mass is 16.5.